The third kappa shape index (κ3) is 2.50. The molecule has 10 heteroatoms. The molecule has 0 atom stereocenters. The second kappa shape index (κ2) is 4.40. The van der Waals surface area contributed by atoms with E-state index in [0.717, 1.165) is 0 Å². The number of aromatic nitrogens is 2. The highest BCUT2D eigenvalue weighted by molar-refractivity contribution is 7.91. The molecule has 1 heterocycles. The van der Waals surface area contributed by atoms with Gasteiger partial charge in [0.25, 0.3) is 15.7 Å². The molecule has 0 spiro atoms. The van der Waals surface area contributed by atoms with Gasteiger partial charge < -0.3 is 0 Å². The Labute approximate surface area is 105 Å². The molecule has 0 aliphatic rings. The van der Waals surface area contributed by atoms with Crippen LogP contribution in [0.15, 0.2) is 28.6 Å². The molecule has 2 aromatic rings. The maximum Gasteiger partial charge on any atom is 0.269 e. The summed E-state index contributed by atoms with van der Waals surface area (Å²) >= 11 is 0.654. The predicted molar refractivity (Wildman–Crippen MR) is 63.4 cm³/mol. The highest BCUT2D eigenvalue weighted by Crippen LogP contribution is 2.22. The van der Waals surface area contributed by atoms with E-state index in [-0.39, 0.29) is 15.9 Å². The van der Waals surface area contributed by atoms with Gasteiger partial charge in [-0.25, -0.2) is 18.5 Å². The zero-order valence-corrected chi connectivity index (χ0v) is 10.3. The van der Waals surface area contributed by atoms with Gasteiger partial charge in [-0.2, -0.15) is 4.37 Å². The molecule has 94 valence electrons. The molecular weight excluding hydrogens is 280 g/mol. The van der Waals surface area contributed by atoms with Crippen molar-refractivity contribution >= 4 is 27.2 Å². The van der Waals surface area contributed by atoms with E-state index in [1.165, 1.54) is 24.3 Å². The first-order valence-electron chi connectivity index (χ1n) is 4.49. The molecule has 0 radical (unpaired) electrons. The first-order valence-corrected chi connectivity index (χ1v) is 6.81. The Morgan fingerprint density at radius 3 is 2.33 bits per heavy atom. The summed E-state index contributed by atoms with van der Waals surface area (Å²) in [5.74, 6) is 0.166. The number of rotatable bonds is 3. The maximum atomic E-state index is 11.0. The van der Waals surface area contributed by atoms with Gasteiger partial charge in [0.05, 0.1) is 4.92 Å². The molecule has 1 aromatic carbocycles. The van der Waals surface area contributed by atoms with Crippen molar-refractivity contribution < 1.29 is 13.3 Å². The molecule has 0 unspecified atom stereocenters. The largest absolute Gasteiger partial charge is 0.269 e. The van der Waals surface area contributed by atoms with Crippen molar-refractivity contribution in [2.45, 2.75) is 4.34 Å². The molecule has 0 aliphatic heterocycles. The molecular formula is C8H6N4O4S2. The van der Waals surface area contributed by atoms with E-state index in [0.29, 0.717) is 17.1 Å². The number of benzene rings is 1. The Morgan fingerprint density at radius 1 is 1.28 bits per heavy atom. The molecule has 18 heavy (non-hydrogen) atoms. The molecule has 0 bridgehead atoms. The fraction of sp³-hybridized carbons (Fsp3) is 0. The minimum absolute atomic E-state index is 0.0688. The highest BCUT2D eigenvalue weighted by Gasteiger charge is 2.16. The first-order chi connectivity index (χ1) is 8.38. The maximum absolute atomic E-state index is 11.0. The normalized spacial score (nSPS) is 11.4. The Balaban J connectivity index is 2.38. The van der Waals surface area contributed by atoms with Crippen LogP contribution in [0.5, 0.6) is 0 Å². The lowest BCUT2D eigenvalue weighted by Crippen LogP contribution is -2.11. The van der Waals surface area contributed by atoms with Crippen molar-refractivity contribution in [1.29, 1.82) is 0 Å². The molecule has 2 rings (SSSR count). The van der Waals surface area contributed by atoms with Gasteiger partial charge in [0.15, 0.2) is 5.82 Å². The smallest absolute Gasteiger partial charge is 0.258 e. The van der Waals surface area contributed by atoms with Crippen LogP contribution in [0.1, 0.15) is 0 Å². The third-order valence-electron chi connectivity index (χ3n) is 1.99. The number of hydrogen-bond donors (Lipinski definition) is 1. The Bertz CT molecular complexity index is 692. The molecule has 8 nitrogen and oxygen atoms in total. The monoisotopic (exact) mass is 286 g/mol. The zero-order chi connectivity index (χ0) is 13.3. The SMILES string of the molecule is NS(=O)(=O)c1nc(-c2ccc([N+](=O)[O-])cc2)ns1. The predicted octanol–water partition coefficient (Wildman–Crippen LogP) is 0.761. The van der Waals surface area contributed by atoms with Crippen molar-refractivity contribution in [1.82, 2.24) is 9.36 Å². The fourth-order valence-electron chi connectivity index (χ4n) is 1.17. The first kappa shape index (κ1) is 12.5. The van der Waals surface area contributed by atoms with Crippen molar-refractivity contribution in [3.63, 3.8) is 0 Å². The van der Waals surface area contributed by atoms with E-state index in [4.69, 9.17) is 5.14 Å². The summed E-state index contributed by atoms with van der Waals surface area (Å²) in [5, 5.41) is 15.4. The Hall–Kier alpha value is -1.91. The minimum Gasteiger partial charge on any atom is -0.258 e. The van der Waals surface area contributed by atoms with Gasteiger partial charge in [-0.05, 0) is 23.7 Å². The lowest BCUT2D eigenvalue weighted by Gasteiger charge is -1.94. The average molecular weight is 286 g/mol. The van der Waals surface area contributed by atoms with Crippen LogP contribution in [-0.4, -0.2) is 22.7 Å². The highest BCUT2D eigenvalue weighted by atomic mass is 32.2. The molecule has 0 amide bonds. The topological polar surface area (TPSA) is 129 Å². The number of primary sulfonamides is 1. The number of nitrogens with two attached hydrogens (primary N) is 1. The van der Waals surface area contributed by atoms with E-state index in [2.05, 4.69) is 9.36 Å². The Morgan fingerprint density at radius 2 is 1.89 bits per heavy atom. The lowest BCUT2D eigenvalue weighted by atomic mass is 10.2. The van der Waals surface area contributed by atoms with Crippen molar-refractivity contribution in [3.8, 4) is 11.4 Å². The molecule has 1 aromatic heterocycles. The minimum atomic E-state index is -3.87. The van der Waals surface area contributed by atoms with Crippen LogP contribution >= 0.6 is 11.5 Å². The molecule has 0 saturated heterocycles. The van der Waals surface area contributed by atoms with Gasteiger partial charge in [-0.1, -0.05) is 0 Å². The second-order valence-electron chi connectivity index (χ2n) is 3.23. The van der Waals surface area contributed by atoms with E-state index in [9.17, 15) is 18.5 Å². The third-order valence-corrected chi connectivity index (χ3v) is 4.00. The van der Waals surface area contributed by atoms with Gasteiger partial charge in [0, 0.05) is 17.7 Å². The van der Waals surface area contributed by atoms with Crippen molar-refractivity contribution in [2.75, 3.05) is 0 Å². The van der Waals surface area contributed by atoms with Crippen LogP contribution in [0.25, 0.3) is 11.4 Å². The summed E-state index contributed by atoms with van der Waals surface area (Å²) in [6.07, 6.45) is 0. The number of sulfonamides is 1. The van der Waals surface area contributed by atoms with Gasteiger partial charge in [0.2, 0.25) is 4.34 Å². The zero-order valence-electron chi connectivity index (χ0n) is 8.68. The molecule has 0 aliphatic carbocycles. The summed E-state index contributed by atoms with van der Waals surface area (Å²) < 4.78 is 25.6. The van der Waals surface area contributed by atoms with Crippen molar-refractivity contribution in [3.05, 3.63) is 34.4 Å². The van der Waals surface area contributed by atoms with Gasteiger partial charge in [0.1, 0.15) is 0 Å². The summed E-state index contributed by atoms with van der Waals surface area (Å²) in [5.41, 5.74) is 0.410. The number of hydrogen-bond acceptors (Lipinski definition) is 7. The van der Waals surface area contributed by atoms with Crippen LogP contribution in [0.4, 0.5) is 5.69 Å². The van der Waals surface area contributed by atoms with E-state index in [1.54, 1.807) is 0 Å². The number of non-ortho nitro benzene ring substituents is 1. The molecule has 0 fully saturated rings. The second-order valence-corrected chi connectivity index (χ2v) is 5.72. The van der Waals surface area contributed by atoms with Gasteiger partial charge in [-0.15, -0.1) is 0 Å². The van der Waals surface area contributed by atoms with E-state index >= 15 is 0 Å². The number of nitro groups is 1. The molecule has 0 saturated carbocycles. The number of nitro benzene ring substituents is 1. The fourth-order valence-corrected chi connectivity index (χ4v) is 2.35. The average Bonchev–Trinajstić information content (AvgIpc) is 2.78. The van der Waals surface area contributed by atoms with Gasteiger partial charge in [-0.3, -0.25) is 10.1 Å². The quantitative estimate of drug-likeness (QED) is 0.655. The standard InChI is InChI=1S/C8H6N4O4S2/c9-18(15,16)8-10-7(11-17-8)5-1-3-6(4-2-5)12(13)14/h1-4H,(H2,9,15,16). The number of nitrogens with zero attached hydrogens (tertiary/aromatic N) is 3. The van der Waals surface area contributed by atoms with E-state index in [1.807, 2.05) is 0 Å². The summed E-state index contributed by atoms with van der Waals surface area (Å²) in [7, 11) is -3.87. The summed E-state index contributed by atoms with van der Waals surface area (Å²) in [6, 6.07) is 5.44. The Kier molecular flexibility index (Phi) is 3.07. The summed E-state index contributed by atoms with van der Waals surface area (Å²) in [6.45, 7) is 0. The van der Waals surface area contributed by atoms with Crippen molar-refractivity contribution in [2.24, 2.45) is 5.14 Å². The van der Waals surface area contributed by atoms with Crippen LogP contribution in [0, 0.1) is 10.1 Å². The summed E-state index contributed by atoms with van der Waals surface area (Å²) in [4.78, 5) is 13.7. The van der Waals surface area contributed by atoms with Gasteiger partial charge >= 0.3 is 0 Å². The van der Waals surface area contributed by atoms with E-state index < -0.39 is 14.9 Å². The van der Waals surface area contributed by atoms with Crippen LogP contribution < -0.4 is 5.14 Å². The van der Waals surface area contributed by atoms with Crippen LogP contribution in [0.3, 0.4) is 0 Å². The van der Waals surface area contributed by atoms with Crippen LogP contribution in [-0.2, 0) is 10.0 Å². The molecule has 2 N–H and O–H groups in total. The van der Waals surface area contributed by atoms with Crippen LogP contribution in [0.2, 0.25) is 0 Å². The lowest BCUT2D eigenvalue weighted by molar-refractivity contribution is -0.384.